The average Bonchev–Trinajstić information content (AvgIpc) is 2.74. The number of benzene rings is 4. The molecule has 0 saturated heterocycles. The van der Waals surface area contributed by atoms with E-state index in [0.29, 0.717) is 5.92 Å². The predicted octanol–water partition coefficient (Wildman–Crippen LogP) is 7.25. The lowest BCUT2D eigenvalue weighted by molar-refractivity contribution is -0.659. The molecule has 0 spiro atoms. The molecule has 0 radical (unpaired) electrons. The van der Waals surface area contributed by atoms with Crippen molar-refractivity contribution in [2.24, 2.45) is 13.0 Å². The minimum absolute atomic E-state index is 0.640. The summed E-state index contributed by atoms with van der Waals surface area (Å²) in [5, 5.41) is 7.51. The van der Waals surface area contributed by atoms with Crippen molar-refractivity contribution < 1.29 is 9.30 Å². The fourth-order valence-corrected chi connectivity index (χ4v) is 5.28. The Morgan fingerprint density at radius 1 is 0.839 bits per heavy atom. The molecule has 0 saturated carbocycles. The molecule has 0 aliphatic carbocycles. The first-order valence-electron chi connectivity index (χ1n) is 11.1. The van der Waals surface area contributed by atoms with Gasteiger partial charge in [-0.2, -0.15) is 0 Å². The molecule has 5 aromatic rings. The molecular weight excluding hydrogens is 378 g/mol. The van der Waals surface area contributed by atoms with Crippen molar-refractivity contribution in [2.75, 3.05) is 0 Å². The van der Waals surface area contributed by atoms with Crippen LogP contribution in [0.25, 0.3) is 43.6 Å². The number of ether oxygens (including phenoxy) is 1. The number of hydrogen-bond acceptors (Lipinski definition) is 1. The van der Waals surface area contributed by atoms with Crippen molar-refractivity contribution in [3.63, 3.8) is 0 Å². The predicted molar refractivity (Wildman–Crippen MR) is 129 cm³/mol. The van der Waals surface area contributed by atoms with Crippen LogP contribution in [0.5, 0.6) is 11.5 Å². The van der Waals surface area contributed by atoms with Gasteiger partial charge in [0.1, 0.15) is 18.5 Å². The Balaban J connectivity index is 1.72. The number of rotatable bonds is 2. The summed E-state index contributed by atoms with van der Waals surface area (Å²) in [6.07, 6.45) is 3.28. The zero-order valence-corrected chi connectivity index (χ0v) is 18.5. The summed E-state index contributed by atoms with van der Waals surface area (Å²) in [6, 6.07) is 22.2. The molecule has 4 aromatic carbocycles. The van der Waals surface area contributed by atoms with Gasteiger partial charge in [-0.05, 0) is 64.1 Å². The van der Waals surface area contributed by atoms with Gasteiger partial charge < -0.3 is 4.74 Å². The van der Waals surface area contributed by atoms with Gasteiger partial charge in [0.15, 0.2) is 6.20 Å². The zero-order valence-electron chi connectivity index (χ0n) is 18.5. The molecule has 0 amide bonds. The van der Waals surface area contributed by atoms with Crippen LogP contribution in [0, 0.1) is 12.8 Å². The Morgan fingerprint density at radius 3 is 2.48 bits per heavy atom. The molecule has 31 heavy (non-hydrogen) atoms. The highest BCUT2D eigenvalue weighted by atomic mass is 16.5. The van der Waals surface area contributed by atoms with Gasteiger partial charge >= 0.3 is 0 Å². The topological polar surface area (TPSA) is 13.1 Å². The van der Waals surface area contributed by atoms with Gasteiger partial charge in [0.25, 0.3) is 0 Å². The van der Waals surface area contributed by atoms with Gasteiger partial charge in [-0.15, -0.1) is 0 Å². The molecule has 1 aromatic heterocycles. The van der Waals surface area contributed by atoms with E-state index >= 15 is 0 Å². The Morgan fingerprint density at radius 2 is 1.65 bits per heavy atom. The van der Waals surface area contributed by atoms with Gasteiger partial charge in [-0.1, -0.05) is 56.3 Å². The van der Waals surface area contributed by atoms with Crippen molar-refractivity contribution in [3.8, 4) is 22.8 Å². The summed E-state index contributed by atoms with van der Waals surface area (Å²) in [6.45, 7) is 6.76. The van der Waals surface area contributed by atoms with Gasteiger partial charge in [0, 0.05) is 11.5 Å². The van der Waals surface area contributed by atoms with Crippen molar-refractivity contribution in [2.45, 2.75) is 27.2 Å². The maximum atomic E-state index is 6.61. The Bertz CT molecular complexity index is 1530. The van der Waals surface area contributed by atoms with Crippen LogP contribution in [0.4, 0.5) is 0 Å². The van der Waals surface area contributed by atoms with Crippen LogP contribution < -0.4 is 9.30 Å². The average molecular weight is 405 g/mol. The number of aromatic nitrogens is 1. The molecule has 1 aliphatic rings. The van der Waals surface area contributed by atoms with Crippen molar-refractivity contribution >= 4 is 32.3 Å². The highest BCUT2D eigenvalue weighted by Crippen LogP contribution is 2.49. The number of nitrogens with zero attached hydrogens (tertiary/aromatic N) is 1. The molecule has 0 N–H and O–H groups in total. The highest BCUT2D eigenvalue weighted by molar-refractivity contribution is 6.16. The third-order valence-electron chi connectivity index (χ3n) is 6.64. The Labute approximate surface area is 182 Å². The van der Waals surface area contributed by atoms with Crippen LogP contribution in [-0.2, 0) is 13.5 Å². The van der Waals surface area contributed by atoms with Crippen molar-refractivity contribution in [1.82, 2.24) is 0 Å². The molecule has 2 heterocycles. The smallest absolute Gasteiger partial charge is 0.228 e. The van der Waals surface area contributed by atoms with Crippen LogP contribution >= 0.6 is 0 Å². The minimum atomic E-state index is 0.640. The second kappa shape index (κ2) is 6.55. The second-order valence-corrected chi connectivity index (χ2v) is 9.29. The van der Waals surface area contributed by atoms with E-state index in [-0.39, 0.29) is 0 Å². The lowest BCUT2D eigenvalue weighted by Crippen LogP contribution is -2.31. The highest BCUT2D eigenvalue weighted by Gasteiger charge is 2.30. The summed E-state index contributed by atoms with van der Waals surface area (Å²) in [5.74, 6) is 2.54. The lowest BCUT2D eigenvalue weighted by atomic mass is 9.90. The fourth-order valence-electron chi connectivity index (χ4n) is 5.28. The molecular formula is C29H26NO+. The van der Waals surface area contributed by atoms with E-state index in [1.165, 1.54) is 54.7 Å². The molecule has 0 atom stereocenters. The molecule has 0 bridgehead atoms. The van der Waals surface area contributed by atoms with E-state index in [1.54, 1.807) is 0 Å². The monoisotopic (exact) mass is 404 g/mol. The number of pyridine rings is 1. The SMILES string of the molecule is Cc1c2c(cc3ccccc13)Oc1cc3cc(CC(C)C)ccc3c3cc[n+](C)c-2c13. The first-order valence-corrected chi connectivity index (χ1v) is 11.1. The maximum Gasteiger partial charge on any atom is 0.228 e. The van der Waals surface area contributed by atoms with Gasteiger partial charge in [-0.25, -0.2) is 4.57 Å². The van der Waals surface area contributed by atoms with Crippen LogP contribution in [-0.4, -0.2) is 0 Å². The summed E-state index contributed by atoms with van der Waals surface area (Å²) >= 11 is 0. The van der Waals surface area contributed by atoms with Crippen molar-refractivity contribution in [1.29, 1.82) is 0 Å². The van der Waals surface area contributed by atoms with E-state index in [1.807, 2.05) is 0 Å². The second-order valence-electron chi connectivity index (χ2n) is 9.29. The van der Waals surface area contributed by atoms with Gasteiger partial charge in [0.05, 0.1) is 10.9 Å². The van der Waals surface area contributed by atoms with Crippen LogP contribution in [0.15, 0.2) is 66.9 Å². The van der Waals surface area contributed by atoms with Crippen LogP contribution in [0.1, 0.15) is 25.0 Å². The third-order valence-corrected chi connectivity index (χ3v) is 6.64. The molecule has 6 rings (SSSR count). The standard InChI is InChI=1S/C29H26NO/c1-17(2)13-19-9-10-23-21(14-19)16-26-28-24(23)11-12-30(4)29(28)27-18(3)22-8-6-5-7-20(22)15-25(27)31-26/h5-12,14-17H,13H2,1-4H3/q+1. The molecule has 0 unspecified atom stereocenters. The normalized spacial score (nSPS) is 12.5. The first-order chi connectivity index (χ1) is 15.0. The van der Waals surface area contributed by atoms with Gasteiger partial charge in [-0.3, -0.25) is 0 Å². The Hall–Kier alpha value is -3.39. The zero-order chi connectivity index (χ0) is 21.3. The number of fused-ring (bicyclic) bond motifs is 5. The van der Waals surface area contributed by atoms with E-state index in [4.69, 9.17) is 4.74 Å². The maximum absolute atomic E-state index is 6.61. The molecule has 0 fully saturated rings. The third kappa shape index (κ3) is 2.68. The first kappa shape index (κ1) is 18.4. The molecule has 2 nitrogen and oxygen atoms in total. The van der Waals surface area contributed by atoms with E-state index < -0.39 is 0 Å². The minimum Gasteiger partial charge on any atom is -0.456 e. The summed E-state index contributed by atoms with van der Waals surface area (Å²) in [7, 11) is 2.14. The molecule has 2 heteroatoms. The van der Waals surface area contributed by atoms with E-state index in [2.05, 4.69) is 99.2 Å². The Kier molecular flexibility index (Phi) is 3.89. The summed E-state index contributed by atoms with van der Waals surface area (Å²) in [4.78, 5) is 0. The summed E-state index contributed by atoms with van der Waals surface area (Å²) < 4.78 is 8.85. The van der Waals surface area contributed by atoms with E-state index in [0.717, 1.165) is 17.9 Å². The van der Waals surface area contributed by atoms with Crippen LogP contribution in [0.3, 0.4) is 0 Å². The molecule has 152 valence electrons. The lowest BCUT2D eigenvalue weighted by Gasteiger charge is -2.23. The van der Waals surface area contributed by atoms with Gasteiger partial charge in [0.2, 0.25) is 5.69 Å². The fraction of sp³-hybridized carbons (Fsp3) is 0.207. The van der Waals surface area contributed by atoms with Crippen LogP contribution in [0.2, 0.25) is 0 Å². The quantitative estimate of drug-likeness (QED) is 0.219. The largest absolute Gasteiger partial charge is 0.456 e. The number of aryl methyl sites for hydroxylation is 2. The number of hydrogen-bond donors (Lipinski definition) is 0. The summed E-state index contributed by atoms with van der Waals surface area (Å²) in [5.41, 5.74) is 5.10. The van der Waals surface area contributed by atoms with Crippen molar-refractivity contribution in [3.05, 3.63) is 78.0 Å². The molecule has 1 aliphatic heterocycles. The van der Waals surface area contributed by atoms with E-state index in [9.17, 15) is 0 Å².